The highest BCUT2D eigenvalue weighted by atomic mass is 16.5. The maximum absolute atomic E-state index is 10.8. The molecule has 0 aliphatic carbocycles. The summed E-state index contributed by atoms with van der Waals surface area (Å²) in [6.45, 7) is 8.35. The number of rotatable bonds is 11. The lowest BCUT2D eigenvalue weighted by atomic mass is 10.1. The van der Waals surface area contributed by atoms with Crippen LogP contribution in [0.15, 0.2) is 41.5 Å². The van der Waals surface area contributed by atoms with Gasteiger partial charge in [0.1, 0.15) is 13.2 Å². The number of esters is 1. The molecule has 0 fully saturated rings. The van der Waals surface area contributed by atoms with E-state index in [1.54, 1.807) is 20.3 Å². The van der Waals surface area contributed by atoms with E-state index in [1.165, 1.54) is 18.1 Å². The van der Waals surface area contributed by atoms with E-state index >= 15 is 0 Å². The fourth-order valence-corrected chi connectivity index (χ4v) is 2.45. The van der Waals surface area contributed by atoms with Gasteiger partial charge in [0.15, 0.2) is 11.5 Å². The zero-order valence-corrected chi connectivity index (χ0v) is 17.8. The number of carbonyl (C=O) groups is 1. The van der Waals surface area contributed by atoms with Crippen LogP contribution in [0.25, 0.3) is 6.08 Å². The zero-order chi connectivity index (χ0) is 20.9. The van der Waals surface area contributed by atoms with Crippen molar-refractivity contribution >= 4 is 12.0 Å². The van der Waals surface area contributed by atoms with Gasteiger partial charge in [0.05, 0.1) is 14.2 Å². The van der Waals surface area contributed by atoms with Gasteiger partial charge in [-0.3, -0.25) is 4.79 Å². The second-order valence-electron chi connectivity index (χ2n) is 6.64. The SMILES string of the molecule is COc1cc(/C=C/COC(C)=O)cc(OC)c1OC/C=C(\C)CCC=C(C)C. The van der Waals surface area contributed by atoms with Crippen LogP contribution in [0, 0.1) is 0 Å². The standard InChI is InChI=1S/C23H32O5/c1-17(2)9-7-10-18(3)12-14-28-23-21(25-5)15-20(16-22(23)26-6)11-8-13-27-19(4)24/h8-9,11-12,15-16H,7,10,13-14H2,1-6H3/b11-8+,18-12+. The predicted molar refractivity (Wildman–Crippen MR) is 113 cm³/mol. The fourth-order valence-electron chi connectivity index (χ4n) is 2.45. The van der Waals surface area contributed by atoms with E-state index in [1.807, 2.05) is 18.2 Å². The van der Waals surface area contributed by atoms with Crippen molar-refractivity contribution in [1.82, 2.24) is 0 Å². The molecule has 0 aliphatic heterocycles. The number of methoxy groups -OCH3 is 2. The molecule has 0 bridgehead atoms. The number of hydrogen-bond acceptors (Lipinski definition) is 5. The third-order valence-electron chi connectivity index (χ3n) is 3.93. The highest BCUT2D eigenvalue weighted by Crippen LogP contribution is 2.39. The molecule has 0 unspecified atom stereocenters. The molecule has 154 valence electrons. The average molecular weight is 389 g/mol. The molecule has 0 N–H and O–H groups in total. The Kier molecular flexibility index (Phi) is 10.6. The average Bonchev–Trinajstić information content (AvgIpc) is 2.65. The molecular weight excluding hydrogens is 356 g/mol. The van der Waals surface area contributed by atoms with Gasteiger partial charge in [-0.05, 0) is 63.5 Å². The summed E-state index contributed by atoms with van der Waals surface area (Å²) in [5, 5.41) is 0. The Hall–Kier alpha value is -2.69. The molecule has 5 heteroatoms. The van der Waals surface area contributed by atoms with E-state index in [0.29, 0.717) is 23.9 Å². The van der Waals surface area contributed by atoms with Crippen molar-refractivity contribution in [3.05, 3.63) is 47.1 Å². The van der Waals surface area contributed by atoms with E-state index in [9.17, 15) is 4.79 Å². The van der Waals surface area contributed by atoms with Crippen LogP contribution < -0.4 is 14.2 Å². The Balaban J connectivity index is 2.82. The molecule has 0 radical (unpaired) electrons. The molecule has 28 heavy (non-hydrogen) atoms. The predicted octanol–water partition coefficient (Wildman–Crippen LogP) is 5.35. The number of allylic oxidation sites excluding steroid dienone is 3. The van der Waals surface area contributed by atoms with Gasteiger partial charge in [0.25, 0.3) is 0 Å². The van der Waals surface area contributed by atoms with Crippen LogP contribution in [-0.4, -0.2) is 33.4 Å². The number of carbonyl (C=O) groups excluding carboxylic acids is 1. The van der Waals surface area contributed by atoms with Gasteiger partial charge in [-0.2, -0.15) is 0 Å². The summed E-state index contributed by atoms with van der Waals surface area (Å²) < 4.78 is 21.8. The van der Waals surface area contributed by atoms with Crippen LogP contribution in [0.3, 0.4) is 0 Å². The first-order chi connectivity index (χ1) is 13.4. The second-order valence-corrected chi connectivity index (χ2v) is 6.64. The Bertz CT molecular complexity index is 700. The summed E-state index contributed by atoms with van der Waals surface area (Å²) in [4.78, 5) is 10.8. The Morgan fingerprint density at radius 3 is 2.14 bits per heavy atom. The molecule has 0 aliphatic rings. The monoisotopic (exact) mass is 388 g/mol. The summed E-state index contributed by atoms with van der Waals surface area (Å²) in [6.07, 6.45) is 9.95. The molecule has 0 aromatic heterocycles. The third-order valence-corrected chi connectivity index (χ3v) is 3.93. The molecule has 0 saturated carbocycles. The summed E-state index contributed by atoms with van der Waals surface area (Å²) >= 11 is 0. The highest BCUT2D eigenvalue weighted by Gasteiger charge is 2.13. The van der Waals surface area contributed by atoms with Crippen molar-refractivity contribution in [3.63, 3.8) is 0 Å². The molecule has 0 heterocycles. The minimum absolute atomic E-state index is 0.217. The topological polar surface area (TPSA) is 54.0 Å². The van der Waals surface area contributed by atoms with Crippen LogP contribution in [0.5, 0.6) is 17.2 Å². The molecule has 0 saturated heterocycles. The quantitative estimate of drug-likeness (QED) is 0.378. The van der Waals surface area contributed by atoms with Crippen LogP contribution in [0.4, 0.5) is 0 Å². The van der Waals surface area contributed by atoms with Crippen molar-refractivity contribution < 1.29 is 23.7 Å². The van der Waals surface area contributed by atoms with Gasteiger partial charge in [0, 0.05) is 6.92 Å². The number of ether oxygens (including phenoxy) is 4. The van der Waals surface area contributed by atoms with Crippen LogP contribution in [0.1, 0.15) is 46.1 Å². The molecule has 1 aromatic carbocycles. The van der Waals surface area contributed by atoms with Gasteiger partial charge >= 0.3 is 5.97 Å². The molecule has 0 amide bonds. The summed E-state index contributed by atoms with van der Waals surface area (Å²) in [5.74, 6) is 1.42. The zero-order valence-electron chi connectivity index (χ0n) is 17.8. The van der Waals surface area contributed by atoms with Crippen molar-refractivity contribution in [3.8, 4) is 17.2 Å². The van der Waals surface area contributed by atoms with Gasteiger partial charge in [-0.15, -0.1) is 0 Å². The smallest absolute Gasteiger partial charge is 0.302 e. The van der Waals surface area contributed by atoms with E-state index < -0.39 is 0 Å². The van der Waals surface area contributed by atoms with Gasteiger partial charge < -0.3 is 18.9 Å². The lowest BCUT2D eigenvalue weighted by Gasteiger charge is -2.15. The summed E-state index contributed by atoms with van der Waals surface area (Å²) in [7, 11) is 3.18. The molecule has 0 spiro atoms. The summed E-state index contributed by atoms with van der Waals surface area (Å²) in [5.41, 5.74) is 3.47. The highest BCUT2D eigenvalue weighted by molar-refractivity contribution is 5.66. The number of benzene rings is 1. The molecule has 5 nitrogen and oxygen atoms in total. The first-order valence-electron chi connectivity index (χ1n) is 9.35. The largest absolute Gasteiger partial charge is 0.493 e. The normalized spacial score (nSPS) is 11.3. The van der Waals surface area contributed by atoms with Gasteiger partial charge in [-0.25, -0.2) is 0 Å². The lowest BCUT2D eigenvalue weighted by molar-refractivity contribution is -0.139. The number of hydrogen-bond donors (Lipinski definition) is 0. The Morgan fingerprint density at radius 1 is 0.964 bits per heavy atom. The lowest BCUT2D eigenvalue weighted by Crippen LogP contribution is -2.01. The van der Waals surface area contributed by atoms with Crippen molar-refractivity contribution in [2.24, 2.45) is 0 Å². The molecule has 1 aromatic rings. The van der Waals surface area contributed by atoms with Gasteiger partial charge in [-0.1, -0.05) is 23.3 Å². The van der Waals surface area contributed by atoms with Crippen LogP contribution in [-0.2, 0) is 9.53 Å². The van der Waals surface area contributed by atoms with Crippen LogP contribution >= 0.6 is 0 Å². The van der Waals surface area contributed by atoms with Crippen molar-refractivity contribution in [2.75, 3.05) is 27.4 Å². The van der Waals surface area contributed by atoms with E-state index in [-0.39, 0.29) is 12.6 Å². The minimum Gasteiger partial charge on any atom is -0.493 e. The van der Waals surface area contributed by atoms with Crippen molar-refractivity contribution in [1.29, 1.82) is 0 Å². The molecule has 1 rings (SSSR count). The van der Waals surface area contributed by atoms with E-state index in [4.69, 9.17) is 18.9 Å². The van der Waals surface area contributed by atoms with Crippen molar-refractivity contribution in [2.45, 2.75) is 40.5 Å². The first kappa shape index (κ1) is 23.3. The maximum Gasteiger partial charge on any atom is 0.302 e. The summed E-state index contributed by atoms with van der Waals surface area (Å²) in [6, 6.07) is 3.71. The van der Waals surface area contributed by atoms with Gasteiger partial charge in [0.2, 0.25) is 5.75 Å². The molecular formula is C23H32O5. The van der Waals surface area contributed by atoms with Crippen LogP contribution in [0.2, 0.25) is 0 Å². The second kappa shape index (κ2) is 12.7. The minimum atomic E-state index is -0.312. The Labute approximate surface area is 168 Å². The van der Waals surface area contributed by atoms with E-state index in [2.05, 4.69) is 32.9 Å². The first-order valence-corrected chi connectivity index (χ1v) is 9.35. The maximum atomic E-state index is 10.8. The third kappa shape index (κ3) is 8.80. The van der Waals surface area contributed by atoms with E-state index in [0.717, 1.165) is 18.4 Å². The Morgan fingerprint density at radius 2 is 1.61 bits per heavy atom. The fraction of sp³-hybridized carbons (Fsp3) is 0.435. The molecule has 0 atom stereocenters.